The van der Waals surface area contributed by atoms with Crippen LogP contribution in [0.25, 0.3) is 0 Å². The van der Waals surface area contributed by atoms with Crippen molar-refractivity contribution >= 4 is 0 Å². The highest BCUT2D eigenvalue weighted by atomic mass is 14.8. The van der Waals surface area contributed by atoms with E-state index in [9.17, 15) is 0 Å². The average Bonchev–Trinajstić information content (AvgIpc) is 2.05. The van der Waals surface area contributed by atoms with Crippen molar-refractivity contribution in [1.82, 2.24) is 0 Å². The van der Waals surface area contributed by atoms with Crippen LogP contribution in [0.4, 0.5) is 0 Å². The first kappa shape index (κ1) is 6.45. The fourth-order valence-electron chi connectivity index (χ4n) is 5.61. The van der Waals surface area contributed by atoms with Crippen molar-refractivity contribution in [1.29, 1.82) is 0 Å². The van der Waals surface area contributed by atoms with Crippen LogP contribution in [-0.2, 0) is 0 Å². The topological polar surface area (TPSA) is 0 Å². The minimum absolute atomic E-state index is 0.953. The van der Waals surface area contributed by atoms with Crippen LogP contribution in [0.1, 0.15) is 51.4 Å². The smallest absolute Gasteiger partial charge is 0.0210 e. The molecule has 0 N–H and O–H groups in total. The van der Waals surface area contributed by atoms with Gasteiger partial charge < -0.3 is 0 Å². The van der Waals surface area contributed by atoms with Gasteiger partial charge in [-0.15, -0.1) is 0 Å². The molecule has 0 aromatic carbocycles. The molecule has 0 aliphatic heterocycles. The number of hydrogen-bond acceptors (Lipinski definition) is 0. The van der Waals surface area contributed by atoms with Crippen molar-refractivity contribution < 1.29 is 0 Å². The summed E-state index contributed by atoms with van der Waals surface area (Å²) in [7, 11) is 0. The van der Waals surface area contributed by atoms with Crippen LogP contribution in [0.3, 0.4) is 0 Å². The van der Waals surface area contributed by atoms with Crippen molar-refractivity contribution in [3.63, 3.8) is 0 Å². The number of rotatable bonds is 0. The summed E-state index contributed by atoms with van der Waals surface area (Å²) in [5, 5.41) is 0. The molecule has 0 radical (unpaired) electrons. The van der Waals surface area contributed by atoms with Crippen LogP contribution >= 0.6 is 0 Å². The quantitative estimate of drug-likeness (QED) is 0.512. The highest BCUT2D eigenvalue weighted by Gasteiger charge is 2.73. The predicted octanol–water partition coefficient (Wildman–Crippen LogP) is 3.37. The predicted molar refractivity (Wildman–Crippen MR) is 48.8 cm³/mol. The van der Waals surface area contributed by atoms with Gasteiger partial charge in [-0.05, 0) is 74.0 Å². The van der Waals surface area contributed by atoms with E-state index in [0.717, 1.165) is 10.8 Å². The molecule has 2 bridgehead atoms. The molecule has 0 saturated heterocycles. The summed E-state index contributed by atoms with van der Waals surface area (Å²) in [6.45, 7) is 0. The molecule has 0 nitrogen and oxygen atoms in total. The molecule has 5 fully saturated rings. The summed E-state index contributed by atoms with van der Waals surface area (Å²) < 4.78 is 0. The Kier molecular flexibility index (Phi) is 0.875. The first-order valence-corrected chi connectivity index (χ1v) is 5.87. The third-order valence-corrected chi connectivity index (χ3v) is 6.32. The van der Waals surface area contributed by atoms with Crippen molar-refractivity contribution in [3.05, 3.63) is 0 Å². The molecule has 5 aliphatic carbocycles. The van der Waals surface area contributed by atoms with Crippen LogP contribution in [0, 0.1) is 22.7 Å². The van der Waals surface area contributed by atoms with E-state index in [4.69, 9.17) is 0 Å². The highest BCUT2D eigenvalue weighted by Crippen LogP contribution is 2.82. The van der Waals surface area contributed by atoms with E-state index in [1.54, 1.807) is 51.4 Å². The summed E-state index contributed by atoms with van der Waals surface area (Å²) in [4.78, 5) is 0. The normalized spacial score (nSPS) is 66.0. The lowest BCUT2D eigenvalue weighted by molar-refractivity contribution is -0.295. The van der Waals surface area contributed by atoms with E-state index in [1.807, 2.05) is 0 Å². The molecule has 5 rings (SSSR count). The monoisotopic (exact) mass is 162 g/mol. The minimum atomic E-state index is 0.953. The first-order chi connectivity index (χ1) is 5.87. The Morgan fingerprint density at radius 2 is 0.917 bits per heavy atom. The third kappa shape index (κ3) is 0.400. The lowest BCUT2D eigenvalue weighted by Gasteiger charge is -2.79. The first-order valence-electron chi connectivity index (χ1n) is 5.87. The fraction of sp³-hybridized carbons (Fsp3) is 1.00. The molecule has 12 heavy (non-hydrogen) atoms. The number of fused-ring (bicyclic) bond motifs is 2. The molecule has 0 heterocycles. The molecule has 0 unspecified atom stereocenters. The van der Waals surface area contributed by atoms with Crippen molar-refractivity contribution in [2.45, 2.75) is 51.4 Å². The second-order valence-corrected chi connectivity index (χ2v) is 5.86. The summed E-state index contributed by atoms with van der Waals surface area (Å²) in [6, 6.07) is 0. The lowest BCUT2D eigenvalue weighted by Crippen LogP contribution is -2.70. The SMILES string of the molecule is C1CC2CCC1C13CCC21CC3. The molecule has 0 spiro atoms. The maximum absolute atomic E-state index is 1.62. The van der Waals surface area contributed by atoms with Gasteiger partial charge in [0.05, 0.1) is 0 Å². The molecule has 0 aromatic heterocycles. The molecule has 0 aromatic rings. The van der Waals surface area contributed by atoms with Gasteiger partial charge in [0.25, 0.3) is 0 Å². The van der Waals surface area contributed by atoms with Gasteiger partial charge >= 0.3 is 0 Å². The summed E-state index contributed by atoms with van der Waals surface area (Å²) >= 11 is 0. The number of hydrogen-bond donors (Lipinski definition) is 0. The average molecular weight is 162 g/mol. The second-order valence-electron chi connectivity index (χ2n) is 5.86. The van der Waals surface area contributed by atoms with Gasteiger partial charge in [0.1, 0.15) is 0 Å². The van der Waals surface area contributed by atoms with Gasteiger partial charge in [-0.2, -0.15) is 0 Å². The maximum Gasteiger partial charge on any atom is -0.0210 e. The minimum Gasteiger partial charge on any atom is -0.0496 e. The van der Waals surface area contributed by atoms with E-state index in [-0.39, 0.29) is 0 Å². The van der Waals surface area contributed by atoms with Gasteiger partial charge in [0.2, 0.25) is 0 Å². The van der Waals surface area contributed by atoms with Gasteiger partial charge in [0, 0.05) is 0 Å². The molecular formula is C12H18. The Morgan fingerprint density at radius 1 is 0.583 bits per heavy atom. The largest absolute Gasteiger partial charge is 0.0496 e. The summed E-state index contributed by atoms with van der Waals surface area (Å²) in [6.07, 6.45) is 12.9. The Hall–Kier alpha value is 0. The van der Waals surface area contributed by atoms with Crippen LogP contribution < -0.4 is 0 Å². The molecule has 0 atom stereocenters. The zero-order valence-corrected chi connectivity index (χ0v) is 7.81. The van der Waals surface area contributed by atoms with Crippen molar-refractivity contribution in [2.75, 3.05) is 0 Å². The highest BCUT2D eigenvalue weighted by molar-refractivity contribution is 5.22. The zero-order chi connectivity index (χ0) is 7.81. The van der Waals surface area contributed by atoms with Crippen LogP contribution in [0.2, 0.25) is 0 Å². The van der Waals surface area contributed by atoms with Crippen molar-refractivity contribution in [2.24, 2.45) is 22.7 Å². The Bertz CT molecular complexity index is 198. The Balaban J connectivity index is 1.86. The second kappa shape index (κ2) is 1.63. The summed E-state index contributed by atoms with van der Waals surface area (Å²) in [5.41, 5.74) is 1.91. The van der Waals surface area contributed by atoms with Crippen molar-refractivity contribution in [3.8, 4) is 0 Å². The van der Waals surface area contributed by atoms with E-state index < -0.39 is 0 Å². The van der Waals surface area contributed by atoms with Gasteiger partial charge in [0.15, 0.2) is 0 Å². The molecule has 5 aliphatic rings. The van der Waals surface area contributed by atoms with E-state index in [0.29, 0.717) is 0 Å². The van der Waals surface area contributed by atoms with Crippen LogP contribution in [-0.4, -0.2) is 0 Å². The standard InChI is InChI=1S/C12H18/c1-2-10-4-3-9(1)11-5-7-12(10,11)8-6-11/h9-10H,1-8H2. The molecule has 5 saturated carbocycles. The summed E-state index contributed by atoms with van der Waals surface area (Å²) in [5.74, 6) is 2.37. The molecule has 66 valence electrons. The lowest BCUT2D eigenvalue weighted by atomic mass is 9.26. The van der Waals surface area contributed by atoms with E-state index in [2.05, 4.69) is 0 Å². The van der Waals surface area contributed by atoms with Crippen LogP contribution in [0.15, 0.2) is 0 Å². The molecule has 0 heteroatoms. The molecular weight excluding hydrogens is 144 g/mol. The van der Waals surface area contributed by atoms with Gasteiger partial charge in [-0.25, -0.2) is 0 Å². The fourth-order valence-corrected chi connectivity index (χ4v) is 5.61. The van der Waals surface area contributed by atoms with E-state index in [1.165, 1.54) is 11.8 Å². The Labute approximate surface area is 74.7 Å². The third-order valence-electron chi connectivity index (χ3n) is 6.32. The maximum atomic E-state index is 1.62. The van der Waals surface area contributed by atoms with Gasteiger partial charge in [-0.1, -0.05) is 0 Å². The zero-order valence-electron chi connectivity index (χ0n) is 7.81. The molecule has 0 amide bonds. The van der Waals surface area contributed by atoms with E-state index >= 15 is 0 Å². The Morgan fingerprint density at radius 3 is 1.08 bits per heavy atom. The van der Waals surface area contributed by atoms with Gasteiger partial charge in [-0.3, -0.25) is 0 Å². The van der Waals surface area contributed by atoms with Crippen LogP contribution in [0.5, 0.6) is 0 Å².